The van der Waals surface area contributed by atoms with Crippen molar-refractivity contribution in [1.29, 1.82) is 0 Å². The van der Waals surface area contributed by atoms with E-state index in [1.165, 1.54) is 31.2 Å². The first kappa shape index (κ1) is 28.8. The minimum absolute atomic E-state index is 0.0930. The van der Waals surface area contributed by atoms with Gasteiger partial charge in [-0.25, -0.2) is 9.59 Å². The molecule has 3 aliphatic rings. The molecule has 0 aromatic heterocycles. The van der Waals surface area contributed by atoms with Gasteiger partial charge in [-0.1, -0.05) is 6.07 Å². The Morgan fingerprint density at radius 2 is 1.79 bits per heavy atom. The molecule has 1 saturated carbocycles. The third-order valence-electron chi connectivity index (χ3n) is 7.27. The predicted octanol–water partition coefficient (Wildman–Crippen LogP) is -1.45. The standard InChI is InChI=1S/C25H30O14/c1-25(35)16(28)7-11-12(22(33)34)8-37-23(18(11)25)39-24-21(32)20(31)19(30)15(38-24)9-36-17(29)5-3-10-2-4-13(26)14(27)6-10/h2-6,8,11,15-16,18-21,23-24,26-28,30-32,35H,7,9H2,1H3,(H,33,34)/b5-3+/t11?,15-,16+,18?,19-,20+,21-,23+,24+,25+/m1/s1. The summed E-state index contributed by atoms with van der Waals surface area (Å²) in [6.45, 7) is 0.713. The molecule has 2 aliphatic heterocycles. The molecular formula is C25H30O14. The van der Waals surface area contributed by atoms with Crippen molar-refractivity contribution in [2.24, 2.45) is 11.8 Å². The van der Waals surface area contributed by atoms with Gasteiger partial charge in [0, 0.05) is 12.0 Å². The lowest BCUT2D eigenvalue weighted by molar-refractivity contribution is -0.347. The number of esters is 1. The number of phenolic OH excluding ortho intramolecular Hbond substituents is 2. The predicted molar refractivity (Wildman–Crippen MR) is 126 cm³/mol. The van der Waals surface area contributed by atoms with Crippen molar-refractivity contribution < 1.29 is 69.4 Å². The van der Waals surface area contributed by atoms with Gasteiger partial charge in [0.05, 0.1) is 29.5 Å². The minimum Gasteiger partial charge on any atom is -0.504 e. The number of carbonyl (C=O) groups excluding carboxylic acids is 1. The van der Waals surface area contributed by atoms with Crippen LogP contribution in [-0.4, -0.2) is 108 Å². The number of ether oxygens (including phenoxy) is 4. The summed E-state index contributed by atoms with van der Waals surface area (Å²) in [4.78, 5) is 23.8. The van der Waals surface area contributed by atoms with E-state index in [1.807, 2.05) is 0 Å². The van der Waals surface area contributed by atoms with Crippen LogP contribution in [0.25, 0.3) is 6.08 Å². The van der Waals surface area contributed by atoms with E-state index in [-0.39, 0.29) is 23.5 Å². The summed E-state index contributed by atoms with van der Waals surface area (Å²) in [6, 6.07) is 3.86. The molecule has 14 heteroatoms. The van der Waals surface area contributed by atoms with E-state index in [4.69, 9.17) is 18.9 Å². The van der Waals surface area contributed by atoms with E-state index in [1.54, 1.807) is 0 Å². The van der Waals surface area contributed by atoms with E-state index in [0.29, 0.717) is 5.56 Å². The van der Waals surface area contributed by atoms with Crippen LogP contribution in [0.2, 0.25) is 0 Å². The van der Waals surface area contributed by atoms with Crippen molar-refractivity contribution in [3.8, 4) is 11.5 Å². The molecule has 0 bridgehead atoms. The largest absolute Gasteiger partial charge is 0.504 e. The number of carboxylic acids is 1. The van der Waals surface area contributed by atoms with Gasteiger partial charge in [0.25, 0.3) is 0 Å². The number of carbonyl (C=O) groups is 2. The number of aliphatic hydroxyl groups excluding tert-OH is 4. The van der Waals surface area contributed by atoms with Crippen LogP contribution in [0.4, 0.5) is 0 Å². The average molecular weight is 555 g/mol. The Hall–Kier alpha value is -3.24. The zero-order chi connectivity index (χ0) is 28.6. The Bertz CT molecular complexity index is 1150. The summed E-state index contributed by atoms with van der Waals surface area (Å²) in [6.07, 6.45) is -7.94. The van der Waals surface area contributed by atoms with Crippen LogP contribution in [0.15, 0.2) is 36.1 Å². The third kappa shape index (κ3) is 5.72. The van der Waals surface area contributed by atoms with Gasteiger partial charge in [-0.05, 0) is 37.1 Å². The van der Waals surface area contributed by atoms with Gasteiger partial charge in [-0.2, -0.15) is 0 Å². The maximum absolute atomic E-state index is 12.1. The lowest BCUT2D eigenvalue weighted by Gasteiger charge is -2.44. The molecule has 39 heavy (non-hydrogen) atoms. The summed E-state index contributed by atoms with van der Waals surface area (Å²) in [7, 11) is 0. The first-order chi connectivity index (χ1) is 18.3. The van der Waals surface area contributed by atoms with Crippen LogP contribution in [0.1, 0.15) is 18.9 Å². The van der Waals surface area contributed by atoms with Crippen LogP contribution >= 0.6 is 0 Å². The number of benzene rings is 1. The normalized spacial score (nSPS) is 38.1. The molecule has 1 saturated heterocycles. The molecule has 14 nitrogen and oxygen atoms in total. The first-order valence-corrected chi connectivity index (χ1v) is 12.0. The Labute approximate surface area is 221 Å². The van der Waals surface area contributed by atoms with Crippen LogP contribution in [0.5, 0.6) is 11.5 Å². The molecule has 0 radical (unpaired) electrons. The second-order valence-corrected chi connectivity index (χ2v) is 9.85. The van der Waals surface area contributed by atoms with Crippen molar-refractivity contribution in [2.75, 3.05) is 6.61 Å². The monoisotopic (exact) mass is 554 g/mol. The first-order valence-electron chi connectivity index (χ1n) is 12.0. The Balaban J connectivity index is 1.43. The molecule has 214 valence electrons. The van der Waals surface area contributed by atoms with Gasteiger partial charge in [-0.15, -0.1) is 0 Å². The van der Waals surface area contributed by atoms with Gasteiger partial charge in [0.1, 0.15) is 31.0 Å². The highest BCUT2D eigenvalue weighted by Crippen LogP contribution is 2.49. The molecule has 2 unspecified atom stereocenters. The van der Waals surface area contributed by atoms with E-state index >= 15 is 0 Å². The molecule has 2 fully saturated rings. The number of aliphatic carboxylic acids is 1. The quantitative estimate of drug-likeness (QED) is 0.109. The Morgan fingerprint density at radius 3 is 2.46 bits per heavy atom. The topological polar surface area (TPSA) is 233 Å². The highest BCUT2D eigenvalue weighted by atomic mass is 16.8. The number of fused-ring (bicyclic) bond motifs is 1. The molecule has 4 rings (SSSR count). The lowest BCUT2D eigenvalue weighted by atomic mass is 9.81. The Kier molecular flexibility index (Phi) is 8.18. The molecule has 10 atom stereocenters. The number of hydrogen-bond donors (Lipinski definition) is 8. The second-order valence-electron chi connectivity index (χ2n) is 9.85. The number of rotatable bonds is 7. The molecule has 0 amide bonds. The van der Waals surface area contributed by atoms with Gasteiger partial charge in [0.15, 0.2) is 17.8 Å². The fourth-order valence-corrected chi connectivity index (χ4v) is 5.00. The molecule has 2 heterocycles. The average Bonchev–Trinajstić information content (AvgIpc) is 3.12. The van der Waals surface area contributed by atoms with Crippen molar-refractivity contribution >= 4 is 18.0 Å². The zero-order valence-corrected chi connectivity index (χ0v) is 20.6. The van der Waals surface area contributed by atoms with E-state index in [0.717, 1.165) is 12.3 Å². The van der Waals surface area contributed by atoms with Gasteiger partial charge < -0.3 is 59.8 Å². The fraction of sp³-hybridized carbons (Fsp3) is 0.520. The van der Waals surface area contributed by atoms with Gasteiger partial charge >= 0.3 is 11.9 Å². The summed E-state index contributed by atoms with van der Waals surface area (Å²) in [5.41, 5.74) is -1.64. The number of phenols is 2. The summed E-state index contributed by atoms with van der Waals surface area (Å²) in [5, 5.41) is 80.7. The maximum atomic E-state index is 12.1. The third-order valence-corrected chi connectivity index (χ3v) is 7.27. The molecule has 8 N–H and O–H groups in total. The minimum atomic E-state index is -1.84. The SMILES string of the molecule is C[C@@]1(O)C2C(C[C@@H]1O)C(C(=O)O)=CO[C@H]2O[C@@H]1O[C@H](COC(=O)/C=C/c2ccc(O)c(O)c2)[C@@H](O)[C@H](O)[C@H]1O. The molecule has 1 aromatic rings. The van der Waals surface area contributed by atoms with Crippen molar-refractivity contribution in [3.05, 3.63) is 41.7 Å². The van der Waals surface area contributed by atoms with Gasteiger partial charge in [-0.3, -0.25) is 0 Å². The zero-order valence-electron chi connectivity index (χ0n) is 20.6. The van der Waals surface area contributed by atoms with Crippen LogP contribution in [0, 0.1) is 11.8 Å². The number of aliphatic hydroxyl groups is 5. The number of hydrogen-bond acceptors (Lipinski definition) is 13. The molecular weight excluding hydrogens is 524 g/mol. The van der Waals surface area contributed by atoms with Crippen molar-refractivity contribution in [1.82, 2.24) is 0 Å². The number of carboxylic acid groups (broad SMARTS) is 1. The second kappa shape index (κ2) is 11.1. The van der Waals surface area contributed by atoms with E-state index in [9.17, 15) is 50.4 Å². The summed E-state index contributed by atoms with van der Waals surface area (Å²) >= 11 is 0. The highest BCUT2D eigenvalue weighted by molar-refractivity contribution is 5.87. The fourth-order valence-electron chi connectivity index (χ4n) is 5.00. The van der Waals surface area contributed by atoms with E-state index < -0.39 is 79.1 Å². The summed E-state index contributed by atoms with van der Waals surface area (Å²) < 4.78 is 21.7. The molecule has 1 aliphatic carbocycles. The smallest absolute Gasteiger partial charge is 0.334 e. The van der Waals surface area contributed by atoms with E-state index in [2.05, 4.69) is 0 Å². The van der Waals surface area contributed by atoms with Crippen LogP contribution < -0.4 is 0 Å². The molecule has 1 aromatic carbocycles. The molecule has 0 spiro atoms. The van der Waals surface area contributed by atoms with Crippen molar-refractivity contribution in [2.45, 2.75) is 62.0 Å². The van der Waals surface area contributed by atoms with Crippen LogP contribution in [0.3, 0.4) is 0 Å². The van der Waals surface area contributed by atoms with Crippen molar-refractivity contribution in [3.63, 3.8) is 0 Å². The lowest BCUT2D eigenvalue weighted by Crippen LogP contribution is -2.61. The van der Waals surface area contributed by atoms with Gasteiger partial charge in [0.2, 0.25) is 6.29 Å². The number of aromatic hydroxyl groups is 2. The summed E-state index contributed by atoms with van der Waals surface area (Å²) in [5.74, 6) is -4.86. The maximum Gasteiger partial charge on any atom is 0.334 e. The highest BCUT2D eigenvalue weighted by Gasteiger charge is 2.59. The Morgan fingerprint density at radius 1 is 1.08 bits per heavy atom. The van der Waals surface area contributed by atoms with Crippen LogP contribution in [-0.2, 0) is 28.5 Å².